The molecule has 1 aliphatic rings. The number of hydrogen-bond acceptors (Lipinski definition) is 2. The molecule has 0 saturated heterocycles. The molecule has 3 aromatic carbocycles. The maximum absolute atomic E-state index is 13.7. The highest BCUT2D eigenvalue weighted by Crippen LogP contribution is 2.31. The van der Waals surface area contributed by atoms with Crippen molar-refractivity contribution >= 4 is 34.3 Å². The van der Waals surface area contributed by atoms with Crippen LogP contribution in [0, 0.1) is 0 Å². The van der Waals surface area contributed by atoms with E-state index in [2.05, 4.69) is 4.98 Å². The predicted octanol–water partition coefficient (Wildman–Crippen LogP) is 6.72. The molecule has 1 saturated carbocycles. The Bertz CT molecular complexity index is 1480. The van der Waals surface area contributed by atoms with Gasteiger partial charge in [-0.05, 0) is 60.7 Å². The lowest BCUT2D eigenvalue weighted by Gasteiger charge is -2.28. The molecule has 0 radical (unpaired) electrons. The fourth-order valence-corrected chi connectivity index (χ4v) is 4.91. The summed E-state index contributed by atoms with van der Waals surface area (Å²) in [6.45, 7) is 0.321. The summed E-state index contributed by atoms with van der Waals surface area (Å²) in [7, 11) is 0. The van der Waals surface area contributed by atoms with Gasteiger partial charge < -0.3 is 14.8 Å². The summed E-state index contributed by atoms with van der Waals surface area (Å²) in [5, 5.41) is 1.37. The molecule has 5 nitrogen and oxygen atoms in total. The largest absolute Gasteiger partial charge is 0.416 e. The van der Waals surface area contributed by atoms with Crippen molar-refractivity contribution in [3.8, 4) is 0 Å². The van der Waals surface area contributed by atoms with E-state index in [-0.39, 0.29) is 30.9 Å². The maximum Gasteiger partial charge on any atom is 0.416 e. The first-order valence-corrected chi connectivity index (χ1v) is 13.1. The monoisotopic (exact) mass is 553 g/mol. The third-order valence-corrected chi connectivity index (χ3v) is 7.32. The average molecular weight is 554 g/mol. The van der Waals surface area contributed by atoms with Crippen molar-refractivity contribution < 1.29 is 22.8 Å². The van der Waals surface area contributed by atoms with Gasteiger partial charge in [0.25, 0.3) is 5.91 Å². The maximum atomic E-state index is 13.7. The van der Waals surface area contributed by atoms with Gasteiger partial charge in [-0.15, -0.1) is 0 Å². The number of alkyl halides is 3. The first-order chi connectivity index (χ1) is 18.7. The van der Waals surface area contributed by atoms with E-state index in [4.69, 9.17) is 11.6 Å². The summed E-state index contributed by atoms with van der Waals surface area (Å²) in [6.07, 6.45) is -0.385. The van der Waals surface area contributed by atoms with E-state index in [0.717, 1.165) is 41.4 Å². The van der Waals surface area contributed by atoms with Crippen LogP contribution >= 0.6 is 11.6 Å². The Kier molecular flexibility index (Phi) is 7.66. The van der Waals surface area contributed by atoms with Crippen molar-refractivity contribution in [2.24, 2.45) is 0 Å². The third-order valence-electron chi connectivity index (χ3n) is 6.99. The number of hydrogen-bond donors (Lipinski definition) is 1. The topological polar surface area (TPSA) is 56.4 Å². The third kappa shape index (κ3) is 6.28. The fraction of sp³-hybridized carbons (Fsp3) is 0.267. The Morgan fingerprint density at radius 1 is 0.949 bits per heavy atom. The van der Waals surface area contributed by atoms with Crippen LogP contribution in [0.5, 0.6) is 0 Å². The van der Waals surface area contributed by atoms with Crippen LogP contribution in [-0.2, 0) is 23.9 Å². The van der Waals surface area contributed by atoms with Crippen molar-refractivity contribution in [2.45, 2.75) is 38.0 Å². The van der Waals surface area contributed by atoms with Crippen LogP contribution in [0.2, 0.25) is 5.02 Å². The molecule has 0 bridgehead atoms. The number of nitrogens with one attached hydrogen (secondary N) is 1. The van der Waals surface area contributed by atoms with Crippen LogP contribution in [0.1, 0.15) is 39.9 Å². The van der Waals surface area contributed by atoms with Crippen molar-refractivity contribution in [3.05, 3.63) is 106 Å². The molecule has 1 aromatic heterocycles. The molecule has 0 atom stereocenters. The number of fused-ring (bicyclic) bond motifs is 1. The highest BCUT2D eigenvalue weighted by Gasteiger charge is 2.36. The lowest BCUT2D eigenvalue weighted by atomic mass is 10.1. The standard InChI is InChI=1S/C30H27ClF3N3O2/c31-26-7-3-1-6-25(26)29(39)37(23-13-14-23)19-28(38)36(18-20-9-11-22(12-10-20)30(32,33)34)16-15-21-17-35-27-8-4-2-5-24(21)27/h1-12,17,23,35H,13-16,18-19H2. The molecular formula is C30H27ClF3N3O2. The minimum atomic E-state index is -4.44. The number of nitrogens with zero attached hydrogens (tertiary/aromatic N) is 2. The van der Waals surface area contributed by atoms with Gasteiger partial charge in [0.15, 0.2) is 0 Å². The molecule has 4 aromatic rings. The van der Waals surface area contributed by atoms with E-state index in [9.17, 15) is 22.8 Å². The molecule has 1 fully saturated rings. The van der Waals surface area contributed by atoms with Crippen molar-refractivity contribution in [1.29, 1.82) is 0 Å². The van der Waals surface area contributed by atoms with Crippen molar-refractivity contribution in [2.75, 3.05) is 13.1 Å². The Labute approximate surface area is 229 Å². The number of para-hydroxylation sites is 1. The molecule has 1 heterocycles. The first-order valence-electron chi connectivity index (χ1n) is 12.7. The Hall–Kier alpha value is -3.78. The quantitative estimate of drug-likeness (QED) is 0.250. The molecule has 2 amide bonds. The molecular weight excluding hydrogens is 527 g/mol. The highest BCUT2D eigenvalue weighted by atomic mass is 35.5. The van der Waals surface area contributed by atoms with Crippen molar-refractivity contribution in [3.63, 3.8) is 0 Å². The lowest BCUT2D eigenvalue weighted by Crippen LogP contribution is -2.44. The lowest BCUT2D eigenvalue weighted by molar-refractivity contribution is -0.137. The smallest absolute Gasteiger partial charge is 0.361 e. The Morgan fingerprint density at radius 2 is 1.64 bits per heavy atom. The van der Waals surface area contributed by atoms with Crippen LogP contribution in [-0.4, -0.2) is 45.7 Å². The number of aromatic amines is 1. The molecule has 1 N–H and O–H groups in total. The minimum Gasteiger partial charge on any atom is -0.361 e. The molecule has 1 aliphatic carbocycles. The zero-order valence-corrected chi connectivity index (χ0v) is 21.8. The summed E-state index contributed by atoms with van der Waals surface area (Å²) in [5.74, 6) is -0.579. The summed E-state index contributed by atoms with van der Waals surface area (Å²) in [4.78, 5) is 33.4. The van der Waals surface area contributed by atoms with E-state index < -0.39 is 11.7 Å². The Morgan fingerprint density at radius 3 is 2.33 bits per heavy atom. The summed E-state index contributed by atoms with van der Waals surface area (Å²) in [5.41, 5.74) is 2.19. The number of carbonyl (C=O) groups excluding carboxylic acids is 2. The van der Waals surface area contributed by atoms with Gasteiger partial charge in [0.1, 0.15) is 6.54 Å². The predicted molar refractivity (Wildman–Crippen MR) is 144 cm³/mol. The number of benzene rings is 3. The number of halogens is 4. The number of H-pyrrole nitrogens is 1. The molecule has 0 spiro atoms. The van der Waals surface area contributed by atoms with Gasteiger partial charge in [-0.2, -0.15) is 13.2 Å². The van der Waals surface area contributed by atoms with Gasteiger partial charge >= 0.3 is 6.18 Å². The number of aromatic nitrogens is 1. The summed E-state index contributed by atoms with van der Waals surface area (Å²) >= 11 is 6.27. The molecule has 202 valence electrons. The fourth-order valence-electron chi connectivity index (χ4n) is 4.69. The second kappa shape index (κ2) is 11.1. The van der Waals surface area contributed by atoms with Crippen LogP contribution in [0.4, 0.5) is 13.2 Å². The average Bonchev–Trinajstić information content (AvgIpc) is 3.68. The second-order valence-electron chi connectivity index (χ2n) is 9.76. The first kappa shape index (κ1) is 26.8. The van der Waals surface area contributed by atoms with Crippen LogP contribution in [0.15, 0.2) is 79.0 Å². The van der Waals surface area contributed by atoms with Crippen LogP contribution in [0.3, 0.4) is 0 Å². The number of rotatable bonds is 9. The minimum absolute atomic E-state index is 0.0424. The summed E-state index contributed by atoms with van der Waals surface area (Å²) < 4.78 is 39.2. The zero-order valence-electron chi connectivity index (χ0n) is 21.0. The van der Waals surface area contributed by atoms with E-state index >= 15 is 0 Å². The normalized spacial score (nSPS) is 13.4. The molecule has 0 aliphatic heterocycles. The SMILES string of the molecule is O=C(CN(C(=O)c1ccccc1Cl)C1CC1)N(CCc1c[nH]c2ccccc12)Cc1ccc(C(F)(F)F)cc1. The highest BCUT2D eigenvalue weighted by molar-refractivity contribution is 6.33. The van der Waals surface area contributed by atoms with Gasteiger partial charge in [0, 0.05) is 36.2 Å². The van der Waals surface area contributed by atoms with Crippen LogP contribution < -0.4 is 0 Å². The number of carbonyl (C=O) groups is 2. The summed E-state index contributed by atoms with van der Waals surface area (Å²) in [6, 6.07) is 19.4. The molecule has 0 unspecified atom stereocenters. The van der Waals surface area contributed by atoms with Gasteiger partial charge in [-0.1, -0.05) is 54.1 Å². The van der Waals surface area contributed by atoms with Crippen LogP contribution in [0.25, 0.3) is 10.9 Å². The zero-order chi connectivity index (χ0) is 27.6. The van der Waals surface area contributed by atoms with Gasteiger partial charge in [-0.25, -0.2) is 0 Å². The van der Waals surface area contributed by atoms with Gasteiger partial charge in [0.2, 0.25) is 5.91 Å². The second-order valence-corrected chi connectivity index (χ2v) is 10.2. The molecule has 5 rings (SSSR count). The Balaban J connectivity index is 1.37. The molecule has 9 heteroatoms. The van der Waals surface area contributed by atoms with E-state index in [1.165, 1.54) is 12.1 Å². The van der Waals surface area contributed by atoms with Gasteiger partial charge in [0.05, 0.1) is 16.1 Å². The number of amides is 2. The van der Waals surface area contributed by atoms with Crippen molar-refractivity contribution in [1.82, 2.24) is 14.8 Å². The molecule has 39 heavy (non-hydrogen) atoms. The van der Waals surface area contributed by atoms with E-state index in [1.807, 2.05) is 30.5 Å². The van der Waals surface area contributed by atoms with E-state index in [1.54, 1.807) is 34.1 Å². The van der Waals surface area contributed by atoms with Gasteiger partial charge in [-0.3, -0.25) is 9.59 Å². The van der Waals surface area contributed by atoms with E-state index in [0.29, 0.717) is 29.1 Å².